The van der Waals surface area contributed by atoms with Gasteiger partial charge in [0.15, 0.2) is 0 Å². The molecule has 0 spiro atoms. The zero-order valence-electron chi connectivity index (χ0n) is 12.1. The van der Waals surface area contributed by atoms with Crippen LogP contribution in [-0.4, -0.2) is 17.2 Å². The highest BCUT2D eigenvalue weighted by Gasteiger charge is 2.13. The number of urea groups is 1. The zero-order chi connectivity index (χ0) is 14.4. The Bertz CT molecular complexity index is 401. The first kappa shape index (κ1) is 15.5. The van der Waals surface area contributed by atoms with Crippen LogP contribution in [-0.2, 0) is 0 Å². The molecule has 4 heteroatoms. The quantitative estimate of drug-likeness (QED) is 0.764. The van der Waals surface area contributed by atoms with Gasteiger partial charge in [0.2, 0.25) is 0 Å². The van der Waals surface area contributed by atoms with Crippen molar-refractivity contribution in [3.63, 3.8) is 0 Å². The number of rotatable bonds is 5. The SMILES string of the molecule is CCC(C)C(C)NC(=O)Nc1ccc(C(C)O)cc1. The Morgan fingerprint density at radius 3 is 2.26 bits per heavy atom. The second-order valence-corrected chi connectivity index (χ2v) is 5.07. The number of amides is 2. The molecule has 0 bridgehead atoms. The Hall–Kier alpha value is -1.55. The summed E-state index contributed by atoms with van der Waals surface area (Å²) < 4.78 is 0. The summed E-state index contributed by atoms with van der Waals surface area (Å²) in [6.45, 7) is 7.94. The summed E-state index contributed by atoms with van der Waals surface area (Å²) >= 11 is 0. The molecule has 0 aliphatic rings. The van der Waals surface area contributed by atoms with E-state index in [2.05, 4.69) is 24.5 Å². The number of carbonyl (C=O) groups is 1. The molecule has 2 amide bonds. The third-order valence-electron chi connectivity index (χ3n) is 3.51. The summed E-state index contributed by atoms with van der Waals surface area (Å²) in [6.07, 6.45) is 0.540. The van der Waals surface area contributed by atoms with Gasteiger partial charge in [0, 0.05) is 11.7 Å². The average Bonchev–Trinajstić information content (AvgIpc) is 2.38. The minimum absolute atomic E-state index is 0.140. The van der Waals surface area contributed by atoms with Crippen molar-refractivity contribution in [1.29, 1.82) is 0 Å². The van der Waals surface area contributed by atoms with Crippen molar-refractivity contribution in [3.8, 4) is 0 Å². The topological polar surface area (TPSA) is 61.4 Å². The lowest BCUT2D eigenvalue weighted by Gasteiger charge is -2.20. The second kappa shape index (κ2) is 7.14. The monoisotopic (exact) mass is 264 g/mol. The normalized spacial score (nSPS) is 15.4. The van der Waals surface area contributed by atoms with Gasteiger partial charge in [-0.05, 0) is 37.5 Å². The molecule has 0 heterocycles. The molecule has 3 unspecified atom stereocenters. The number of aliphatic hydroxyl groups excluding tert-OH is 1. The van der Waals surface area contributed by atoms with Crippen LogP contribution in [0, 0.1) is 5.92 Å². The van der Waals surface area contributed by atoms with E-state index in [0.29, 0.717) is 5.92 Å². The number of benzene rings is 1. The first-order chi connectivity index (χ1) is 8.93. The van der Waals surface area contributed by atoms with E-state index >= 15 is 0 Å². The van der Waals surface area contributed by atoms with Crippen LogP contribution in [0.3, 0.4) is 0 Å². The molecule has 0 saturated carbocycles. The van der Waals surface area contributed by atoms with Gasteiger partial charge in [-0.3, -0.25) is 0 Å². The van der Waals surface area contributed by atoms with E-state index in [1.807, 2.05) is 6.92 Å². The van der Waals surface area contributed by atoms with Gasteiger partial charge in [-0.2, -0.15) is 0 Å². The standard InChI is InChI=1S/C15H24N2O2/c1-5-10(2)11(3)16-15(19)17-14-8-6-13(7-9-14)12(4)18/h6-12,18H,5H2,1-4H3,(H2,16,17,19). The van der Waals surface area contributed by atoms with Crippen molar-refractivity contribution in [1.82, 2.24) is 5.32 Å². The first-order valence-corrected chi connectivity index (χ1v) is 6.79. The maximum atomic E-state index is 11.8. The predicted molar refractivity (Wildman–Crippen MR) is 78.1 cm³/mol. The third-order valence-corrected chi connectivity index (χ3v) is 3.51. The fourth-order valence-corrected chi connectivity index (χ4v) is 1.71. The zero-order valence-corrected chi connectivity index (χ0v) is 12.1. The molecule has 1 aromatic carbocycles. The third kappa shape index (κ3) is 4.91. The number of anilines is 1. The van der Waals surface area contributed by atoms with Gasteiger partial charge < -0.3 is 15.7 Å². The Morgan fingerprint density at radius 2 is 1.79 bits per heavy atom. The van der Waals surface area contributed by atoms with Crippen molar-refractivity contribution in [2.45, 2.75) is 46.3 Å². The van der Waals surface area contributed by atoms with Gasteiger partial charge in [-0.15, -0.1) is 0 Å². The predicted octanol–water partition coefficient (Wildman–Crippen LogP) is 3.30. The van der Waals surface area contributed by atoms with Crippen LogP contribution in [0.2, 0.25) is 0 Å². The molecule has 3 N–H and O–H groups in total. The van der Waals surface area contributed by atoms with E-state index in [0.717, 1.165) is 17.7 Å². The summed E-state index contributed by atoms with van der Waals surface area (Å²) in [7, 11) is 0. The molecule has 0 aliphatic carbocycles. The van der Waals surface area contributed by atoms with E-state index in [9.17, 15) is 9.90 Å². The molecule has 1 rings (SSSR count). The van der Waals surface area contributed by atoms with Gasteiger partial charge >= 0.3 is 6.03 Å². The molecule has 0 aromatic heterocycles. The lowest BCUT2D eigenvalue weighted by Crippen LogP contribution is -2.39. The largest absolute Gasteiger partial charge is 0.389 e. The number of hydrogen-bond donors (Lipinski definition) is 3. The van der Waals surface area contributed by atoms with E-state index in [4.69, 9.17) is 0 Å². The van der Waals surface area contributed by atoms with Crippen molar-refractivity contribution >= 4 is 11.7 Å². The smallest absolute Gasteiger partial charge is 0.319 e. The summed E-state index contributed by atoms with van der Waals surface area (Å²) in [5, 5.41) is 15.1. The van der Waals surface area contributed by atoms with Gasteiger partial charge in [-0.1, -0.05) is 32.4 Å². The molecular formula is C15H24N2O2. The van der Waals surface area contributed by atoms with Crippen LogP contribution >= 0.6 is 0 Å². The first-order valence-electron chi connectivity index (χ1n) is 6.79. The molecule has 0 saturated heterocycles. The molecule has 0 fully saturated rings. The molecule has 4 nitrogen and oxygen atoms in total. The van der Waals surface area contributed by atoms with E-state index in [1.165, 1.54) is 0 Å². The molecule has 106 valence electrons. The number of aliphatic hydroxyl groups is 1. The molecule has 3 atom stereocenters. The Labute approximate surface area is 115 Å². The Kier molecular flexibility index (Phi) is 5.83. The Balaban J connectivity index is 2.52. The lowest BCUT2D eigenvalue weighted by atomic mass is 10.0. The maximum Gasteiger partial charge on any atom is 0.319 e. The van der Waals surface area contributed by atoms with Crippen LogP contribution in [0.25, 0.3) is 0 Å². The van der Waals surface area contributed by atoms with Gasteiger partial charge in [-0.25, -0.2) is 4.79 Å². The highest BCUT2D eigenvalue weighted by atomic mass is 16.3. The van der Waals surface area contributed by atoms with Crippen LogP contribution in [0.15, 0.2) is 24.3 Å². The van der Waals surface area contributed by atoms with Gasteiger partial charge in [0.05, 0.1) is 6.10 Å². The number of nitrogens with one attached hydrogen (secondary N) is 2. The minimum atomic E-state index is -0.492. The molecule has 0 aliphatic heterocycles. The number of carbonyl (C=O) groups excluding carboxylic acids is 1. The summed E-state index contributed by atoms with van der Waals surface area (Å²) in [4.78, 5) is 11.8. The summed E-state index contributed by atoms with van der Waals surface area (Å²) in [5.41, 5.74) is 1.55. The Morgan fingerprint density at radius 1 is 1.21 bits per heavy atom. The minimum Gasteiger partial charge on any atom is -0.389 e. The molecule has 0 radical (unpaired) electrons. The highest BCUT2D eigenvalue weighted by Crippen LogP contribution is 2.15. The van der Waals surface area contributed by atoms with Crippen LogP contribution in [0.4, 0.5) is 10.5 Å². The van der Waals surface area contributed by atoms with Gasteiger partial charge in [0.25, 0.3) is 0 Å². The van der Waals surface area contributed by atoms with E-state index < -0.39 is 6.10 Å². The van der Waals surface area contributed by atoms with Crippen LogP contribution in [0.1, 0.15) is 45.8 Å². The van der Waals surface area contributed by atoms with Crippen LogP contribution < -0.4 is 10.6 Å². The molecule has 19 heavy (non-hydrogen) atoms. The lowest BCUT2D eigenvalue weighted by molar-refractivity contribution is 0.199. The van der Waals surface area contributed by atoms with E-state index in [-0.39, 0.29) is 12.1 Å². The van der Waals surface area contributed by atoms with Crippen molar-refractivity contribution in [2.75, 3.05) is 5.32 Å². The van der Waals surface area contributed by atoms with Crippen molar-refractivity contribution in [3.05, 3.63) is 29.8 Å². The second-order valence-electron chi connectivity index (χ2n) is 5.07. The molecule has 1 aromatic rings. The summed E-state index contributed by atoms with van der Waals surface area (Å²) in [6, 6.07) is 7.13. The van der Waals surface area contributed by atoms with Crippen LogP contribution in [0.5, 0.6) is 0 Å². The maximum absolute atomic E-state index is 11.8. The average molecular weight is 264 g/mol. The van der Waals surface area contributed by atoms with Crippen molar-refractivity contribution < 1.29 is 9.90 Å². The van der Waals surface area contributed by atoms with Gasteiger partial charge in [0.1, 0.15) is 0 Å². The molecular weight excluding hydrogens is 240 g/mol. The van der Waals surface area contributed by atoms with E-state index in [1.54, 1.807) is 31.2 Å². The summed E-state index contributed by atoms with van der Waals surface area (Å²) in [5.74, 6) is 0.448. The fraction of sp³-hybridized carbons (Fsp3) is 0.533. The highest BCUT2D eigenvalue weighted by molar-refractivity contribution is 5.89. The van der Waals surface area contributed by atoms with Crippen molar-refractivity contribution in [2.24, 2.45) is 5.92 Å². The fourth-order valence-electron chi connectivity index (χ4n) is 1.71. The number of hydrogen-bond acceptors (Lipinski definition) is 2.